The topological polar surface area (TPSA) is 122 Å². The molecule has 1 saturated heterocycles. The predicted molar refractivity (Wildman–Crippen MR) is 158 cm³/mol. The quantitative estimate of drug-likeness (QED) is 0.270. The van der Waals surface area contributed by atoms with Crippen LogP contribution >= 0.6 is 0 Å². The van der Waals surface area contributed by atoms with Crippen LogP contribution in [-0.2, 0) is 46.5 Å². The number of ether oxygens (including phenoxy) is 6. The number of fused-ring (bicyclic) bond motifs is 2. The molecule has 3 heterocycles. The first-order chi connectivity index (χ1) is 21.3. The lowest BCUT2D eigenvalue weighted by Gasteiger charge is -2.51. The third kappa shape index (κ3) is 6.74. The van der Waals surface area contributed by atoms with Gasteiger partial charge in [-0.3, -0.25) is 14.4 Å². The summed E-state index contributed by atoms with van der Waals surface area (Å²) in [5.74, 6) is -0.613. The molecule has 5 rings (SSSR count). The van der Waals surface area contributed by atoms with Crippen LogP contribution in [0.25, 0.3) is 0 Å². The second-order valence-electron chi connectivity index (χ2n) is 11.2. The van der Waals surface area contributed by atoms with Gasteiger partial charge in [-0.15, -0.1) is 0 Å². The Bertz CT molecular complexity index is 1360. The minimum Gasteiger partial charge on any atom is -0.468 e. The van der Waals surface area contributed by atoms with Gasteiger partial charge in [0.1, 0.15) is 11.5 Å². The maximum Gasteiger partial charge on any atom is 0.320 e. The number of amides is 2. The SMILES string of the molecule is COCCCNC(=O)C[C@H]1C[C@@]2(C(=O)OC)C(=C[C@H](COCc3ccccc3)O[C@@H]2C)N(Cc2ccc3c(c2)OCO3)C1=O. The fourth-order valence-electron chi connectivity index (χ4n) is 6.14. The molecular weight excluding hydrogens is 568 g/mol. The zero-order valence-electron chi connectivity index (χ0n) is 25.4. The van der Waals surface area contributed by atoms with E-state index in [1.807, 2.05) is 49.4 Å². The third-order valence-electron chi connectivity index (χ3n) is 8.35. The minimum absolute atomic E-state index is 0.0756. The molecule has 3 aliphatic rings. The second kappa shape index (κ2) is 14.2. The van der Waals surface area contributed by atoms with Gasteiger partial charge in [-0.1, -0.05) is 36.4 Å². The maximum absolute atomic E-state index is 14.2. The summed E-state index contributed by atoms with van der Waals surface area (Å²) >= 11 is 0. The van der Waals surface area contributed by atoms with Gasteiger partial charge < -0.3 is 38.6 Å². The van der Waals surface area contributed by atoms with Crippen molar-refractivity contribution in [3.8, 4) is 11.5 Å². The summed E-state index contributed by atoms with van der Waals surface area (Å²) in [6, 6.07) is 15.3. The molecule has 11 nitrogen and oxygen atoms in total. The summed E-state index contributed by atoms with van der Waals surface area (Å²) < 4.78 is 33.8. The van der Waals surface area contributed by atoms with E-state index < -0.39 is 29.5 Å². The van der Waals surface area contributed by atoms with Crippen molar-refractivity contribution in [3.05, 3.63) is 71.4 Å². The van der Waals surface area contributed by atoms with Crippen molar-refractivity contribution in [3.63, 3.8) is 0 Å². The van der Waals surface area contributed by atoms with Gasteiger partial charge in [-0.05, 0) is 49.1 Å². The first-order valence-electron chi connectivity index (χ1n) is 14.9. The van der Waals surface area contributed by atoms with Crippen LogP contribution in [0.4, 0.5) is 0 Å². The molecule has 11 heteroatoms. The van der Waals surface area contributed by atoms with Crippen molar-refractivity contribution < 1.29 is 42.8 Å². The Morgan fingerprint density at radius 2 is 1.86 bits per heavy atom. The highest BCUT2D eigenvalue weighted by atomic mass is 16.7. The van der Waals surface area contributed by atoms with Crippen LogP contribution in [0.3, 0.4) is 0 Å². The average molecular weight is 609 g/mol. The molecule has 0 saturated carbocycles. The van der Waals surface area contributed by atoms with Gasteiger partial charge in [0.05, 0.1) is 33.0 Å². The number of carbonyl (C=O) groups is 3. The molecule has 3 aliphatic heterocycles. The van der Waals surface area contributed by atoms with Crippen LogP contribution in [0.2, 0.25) is 0 Å². The summed E-state index contributed by atoms with van der Waals surface area (Å²) in [4.78, 5) is 42.5. The molecule has 0 bridgehead atoms. The van der Waals surface area contributed by atoms with Gasteiger partial charge in [-0.25, -0.2) is 0 Å². The molecule has 1 fully saturated rings. The summed E-state index contributed by atoms with van der Waals surface area (Å²) in [6.07, 6.45) is 1.26. The highest BCUT2D eigenvalue weighted by Gasteiger charge is 2.59. The fourth-order valence-corrected chi connectivity index (χ4v) is 6.14. The first-order valence-corrected chi connectivity index (χ1v) is 14.9. The molecular formula is C33H40N2O9. The van der Waals surface area contributed by atoms with Gasteiger partial charge in [-0.2, -0.15) is 0 Å². The van der Waals surface area contributed by atoms with Crippen molar-refractivity contribution >= 4 is 17.8 Å². The fraction of sp³-hybridized carbons (Fsp3) is 0.485. The van der Waals surface area contributed by atoms with E-state index in [1.165, 1.54) is 7.11 Å². The average Bonchev–Trinajstić information content (AvgIpc) is 3.50. The molecule has 0 aliphatic carbocycles. The Balaban J connectivity index is 1.45. The maximum atomic E-state index is 14.2. The molecule has 2 aromatic rings. The van der Waals surface area contributed by atoms with Gasteiger partial charge in [0.25, 0.3) is 0 Å². The lowest BCUT2D eigenvalue weighted by Crippen LogP contribution is -2.60. The monoisotopic (exact) mass is 608 g/mol. The molecule has 0 aromatic heterocycles. The van der Waals surface area contributed by atoms with Crippen LogP contribution < -0.4 is 14.8 Å². The summed E-state index contributed by atoms with van der Waals surface area (Å²) in [7, 11) is 2.93. The van der Waals surface area contributed by atoms with Crippen molar-refractivity contribution in [1.82, 2.24) is 10.2 Å². The van der Waals surface area contributed by atoms with Crippen molar-refractivity contribution in [2.24, 2.45) is 11.3 Å². The normalized spacial score (nSPS) is 24.0. The first kappa shape index (κ1) is 31.5. The van der Waals surface area contributed by atoms with E-state index in [9.17, 15) is 14.4 Å². The van der Waals surface area contributed by atoms with E-state index in [2.05, 4.69) is 5.32 Å². The van der Waals surface area contributed by atoms with E-state index in [0.29, 0.717) is 43.4 Å². The van der Waals surface area contributed by atoms with Crippen LogP contribution in [-0.4, -0.2) is 75.7 Å². The number of esters is 1. The second-order valence-corrected chi connectivity index (χ2v) is 11.2. The number of likely N-dealkylation sites (tertiary alicyclic amines) is 1. The van der Waals surface area contributed by atoms with E-state index in [0.717, 1.165) is 11.1 Å². The number of carbonyl (C=O) groups excluding carboxylic acids is 3. The zero-order valence-corrected chi connectivity index (χ0v) is 25.4. The van der Waals surface area contributed by atoms with Gasteiger partial charge in [0, 0.05) is 38.3 Å². The Hall–Kier alpha value is -3.93. The summed E-state index contributed by atoms with van der Waals surface area (Å²) in [5, 5.41) is 2.86. The molecule has 0 spiro atoms. The number of nitrogens with zero attached hydrogens (tertiary/aromatic N) is 1. The number of nitrogens with one attached hydrogen (secondary N) is 1. The smallest absolute Gasteiger partial charge is 0.320 e. The van der Waals surface area contributed by atoms with Crippen molar-refractivity contribution in [1.29, 1.82) is 0 Å². The largest absolute Gasteiger partial charge is 0.468 e. The molecule has 0 unspecified atom stereocenters. The summed E-state index contributed by atoms with van der Waals surface area (Å²) in [5.41, 5.74) is 0.989. The Labute approximate surface area is 257 Å². The lowest BCUT2D eigenvalue weighted by atomic mass is 9.66. The molecule has 2 aromatic carbocycles. The third-order valence-corrected chi connectivity index (χ3v) is 8.35. The number of piperidine rings is 1. The van der Waals surface area contributed by atoms with Crippen LogP contribution in [0.1, 0.15) is 37.3 Å². The Morgan fingerprint density at radius 3 is 2.64 bits per heavy atom. The zero-order chi connectivity index (χ0) is 31.1. The molecule has 0 radical (unpaired) electrons. The highest BCUT2D eigenvalue weighted by Crippen LogP contribution is 2.51. The van der Waals surface area contributed by atoms with Crippen LogP contribution in [0.15, 0.2) is 60.3 Å². The molecule has 2 amide bonds. The standard InChI is InChI=1S/C33H40N2O9/c1-22-33(32(38)40-3)17-25(15-30(36)34-12-7-13-39-2)31(37)35(18-24-10-11-27-28(14-24)43-21-42-27)29(33)16-26(44-22)20-41-19-23-8-5-4-6-9-23/h4-6,8-11,14,16,22,25-26H,7,12-13,15,17-21H2,1-3H3,(H,34,36)/t22-,25+,26-,33+/m1/s1. The van der Waals surface area contributed by atoms with Crippen molar-refractivity contribution in [2.75, 3.05) is 40.8 Å². The van der Waals surface area contributed by atoms with Gasteiger partial charge >= 0.3 is 5.97 Å². The molecule has 44 heavy (non-hydrogen) atoms. The number of hydrogen-bond donors (Lipinski definition) is 1. The Kier molecular flexibility index (Phi) is 10.2. The number of benzene rings is 2. The van der Waals surface area contributed by atoms with Crippen LogP contribution in [0.5, 0.6) is 11.5 Å². The number of methoxy groups -OCH3 is 2. The van der Waals surface area contributed by atoms with E-state index >= 15 is 0 Å². The van der Waals surface area contributed by atoms with Crippen molar-refractivity contribution in [2.45, 2.75) is 51.5 Å². The number of hydrogen-bond acceptors (Lipinski definition) is 9. The van der Waals surface area contributed by atoms with E-state index in [-0.39, 0.29) is 44.6 Å². The van der Waals surface area contributed by atoms with Crippen LogP contribution in [0, 0.1) is 11.3 Å². The molecule has 236 valence electrons. The highest BCUT2D eigenvalue weighted by molar-refractivity contribution is 5.92. The van der Waals surface area contributed by atoms with E-state index in [1.54, 1.807) is 24.2 Å². The van der Waals surface area contributed by atoms with Gasteiger partial charge in [0.2, 0.25) is 18.6 Å². The summed E-state index contributed by atoms with van der Waals surface area (Å²) in [6.45, 7) is 3.63. The van der Waals surface area contributed by atoms with Gasteiger partial charge in [0.15, 0.2) is 11.5 Å². The minimum atomic E-state index is -1.31. The molecule has 1 N–H and O–H groups in total. The Morgan fingerprint density at radius 1 is 1.07 bits per heavy atom. The predicted octanol–water partition coefficient (Wildman–Crippen LogP) is 3.35. The molecule has 4 atom stereocenters. The van der Waals surface area contributed by atoms with E-state index in [4.69, 9.17) is 28.4 Å². The number of rotatable bonds is 13. The lowest BCUT2D eigenvalue weighted by molar-refractivity contribution is -0.178.